The Hall–Kier alpha value is -2.29. The number of pyridine rings is 1. The maximum Gasteiger partial charge on any atom is 0.304 e. The van der Waals surface area contributed by atoms with E-state index in [-0.39, 0.29) is 40.9 Å². The minimum Gasteiger partial charge on any atom is -0.336 e. The van der Waals surface area contributed by atoms with Crippen molar-refractivity contribution in [1.82, 2.24) is 19.2 Å². The highest BCUT2D eigenvalue weighted by Crippen LogP contribution is 2.35. The Kier molecular flexibility index (Phi) is 6.62. The van der Waals surface area contributed by atoms with Crippen LogP contribution < -0.4 is 0 Å². The molecule has 2 aromatic heterocycles. The second kappa shape index (κ2) is 9.16. The average molecular weight is 485 g/mol. The van der Waals surface area contributed by atoms with Crippen molar-refractivity contribution in [1.29, 1.82) is 0 Å². The minimum atomic E-state index is -3.77. The fourth-order valence-corrected chi connectivity index (χ4v) is 5.10. The molecule has 0 atom stereocenters. The van der Waals surface area contributed by atoms with Gasteiger partial charge in [-0.3, -0.25) is 14.0 Å². The van der Waals surface area contributed by atoms with Crippen LogP contribution in [0.3, 0.4) is 0 Å². The lowest BCUT2D eigenvalue weighted by atomic mass is 10.0. The summed E-state index contributed by atoms with van der Waals surface area (Å²) in [6.07, 6.45) is 6.17. The predicted molar refractivity (Wildman–Crippen MR) is 118 cm³/mol. The highest BCUT2D eigenvalue weighted by atomic mass is 35.5. The second-order valence-electron chi connectivity index (χ2n) is 9.40. The molecule has 10 heteroatoms. The first-order chi connectivity index (χ1) is 15.6. The molecule has 2 aliphatic rings. The third-order valence-corrected chi connectivity index (χ3v) is 6.80. The lowest BCUT2D eigenvalue weighted by Crippen LogP contribution is -2.55. The molecule has 0 N–H and O–H groups in total. The SMILES string of the molecule is CC(C)Cc1cc(C(F)(F)CF)c2nc(C(=O)N3CCN(C4CCCC4)C(=O)C3)c(Cl)n2c1. The number of aromatic nitrogens is 2. The van der Waals surface area contributed by atoms with Gasteiger partial charge < -0.3 is 9.80 Å². The van der Waals surface area contributed by atoms with E-state index in [2.05, 4.69) is 4.98 Å². The quantitative estimate of drug-likeness (QED) is 0.607. The monoisotopic (exact) mass is 484 g/mol. The molecule has 180 valence electrons. The van der Waals surface area contributed by atoms with Crippen LogP contribution in [0.25, 0.3) is 5.65 Å². The van der Waals surface area contributed by atoms with Crippen molar-refractivity contribution in [2.45, 2.75) is 57.9 Å². The largest absolute Gasteiger partial charge is 0.336 e. The van der Waals surface area contributed by atoms with Gasteiger partial charge in [0, 0.05) is 25.3 Å². The van der Waals surface area contributed by atoms with E-state index in [1.165, 1.54) is 15.4 Å². The molecule has 2 amide bonds. The Morgan fingerprint density at radius 1 is 1.27 bits per heavy atom. The lowest BCUT2D eigenvalue weighted by molar-refractivity contribution is -0.137. The van der Waals surface area contributed by atoms with Crippen LogP contribution in [0.1, 0.15) is 61.1 Å². The Morgan fingerprint density at radius 2 is 1.97 bits per heavy atom. The number of halogens is 4. The number of carbonyl (C=O) groups is 2. The van der Waals surface area contributed by atoms with Crippen molar-refractivity contribution in [2.75, 3.05) is 26.3 Å². The summed E-state index contributed by atoms with van der Waals surface area (Å²) in [4.78, 5) is 33.2. The van der Waals surface area contributed by atoms with Gasteiger partial charge in [-0.15, -0.1) is 0 Å². The zero-order chi connectivity index (χ0) is 23.9. The first kappa shape index (κ1) is 23.9. The van der Waals surface area contributed by atoms with Crippen molar-refractivity contribution in [3.63, 3.8) is 0 Å². The van der Waals surface area contributed by atoms with E-state index >= 15 is 0 Å². The number of rotatable bonds is 6. The van der Waals surface area contributed by atoms with Gasteiger partial charge in [0.15, 0.2) is 12.4 Å². The maximum absolute atomic E-state index is 14.5. The Bertz CT molecular complexity index is 1070. The number of piperazine rings is 1. The van der Waals surface area contributed by atoms with Crippen LogP contribution >= 0.6 is 11.6 Å². The third-order valence-electron chi connectivity index (χ3n) is 6.44. The molecule has 4 rings (SSSR count). The summed E-state index contributed by atoms with van der Waals surface area (Å²) in [5, 5.41) is -0.123. The molecule has 0 aromatic carbocycles. The van der Waals surface area contributed by atoms with Gasteiger partial charge in [0.25, 0.3) is 5.91 Å². The topological polar surface area (TPSA) is 57.9 Å². The van der Waals surface area contributed by atoms with Crippen LogP contribution in [-0.4, -0.2) is 63.3 Å². The zero-order valence-corrected chi connectivity index (χ0v) is 19.5. The van der Waals surface area contributed by atoms with Crippen LogP contribution in [0.4, 0.5) is 13.2 Å². The Morgan fingerprint density at radius 3 is 2.58 bits per heavy atom. The van der Waals surface area contributed by atoms with Gasteiger partial charge in [-0.05, 0) is 36.8 Å². The van der Waals surface area contributed by atoms with Gasteiger partial charge in [0.2, 0.25) is 5.91 Å². The number of alkyl halides is 3. The molecular weight excluding hydrogens is 457 g/mol. The first-order valence-electron chi connectivity index (χ1n) is 11.4. The summed E-state index contributed by atoms with van der Waals surface area (Å²) < 4.78 is 43.3. The lowest BCUT2D eigenvalue weighted by Gasteiger charge is -2.37. The molecule has 0 bridgehead atoms. The van der Waals surface area contributed by atoms with E-state index in [1.54, 1.807) is 6.20 Å². The standard InChI is InChI=1S/C23H28ClF3N4O2/c1-14(2)9-15-10-17(23(26,27)13-25)21-28-19(20(24)31(21)11-15)22(33)29-7-8-30(18(32)12-29)16-5-3-4-6-16/h10-11,14,16H,3-9,12-13H2,1-2H3. The number of hydrogen-bond donors (Lipinski definition) is 0. The number of imidazole rings is 1. The van der Waals surface area contributed by atoms with Crippen molar-refractivity contribution in [2.24, 2.45) is 5.92 Å². The average Bonchev–Trinajstić information content (AvgIpc) is 3.41. The smallest absolute Gasteiger partial charge is 0.304 e. The fraction of sp³-hybridized carbons (Fsp3) is 0.609. The summed E-state index contributed by atoms with van der Waals surface area (Å²) in [5.41, 5.74) is -0.531. The van der Waals surface area contributed by atoms with Crippen molar-refractivity contribution in [3.05, 3.63) is 34.2 Å². The van der Waals surface area contributed by atoms with Crippen molar-refractivity contribution >= 4 is 29.1 Å². The first-order valence-corrected chi connectivity index (χ1v) is 11.7. The number of carbonyl (C=O) groups excluding carboxylic acids is 2. The summed E-state index contributed by atoms with van der Waals surface area (Å²) in [6.45, 7) is 2.61. The molecule has 2 aromatic rings. The summed E-state index contributed by atoms with van der Waals surface area (Å²) in [5.74, 6) is -4.33. The van der Waals surface area contributed by atoms with Gasteiger partial charge in [0.05, 0.1) is 5.56 Å². The van der Waals surface area contributed by atoms with Crippen LogP contribution in [0.2, 0.25) is 5.15 Å². The van der Waals surface area contributed by atoms with Gasteiger partial charge >= 0.3 is 5.92 Å². The maximum atomic E-state index is 14.5. The normalized spacial score (nSPS) is 18.2. The van der Waals surface area contributed by atoms with Gasteiger partial charge in [-0.1, -0.05) is 38.3 Å². The van der Waals surface area contributed by atoms with Crippen LogP contribution in [0.15, 0.2) is 12.3 Å². The van der Waals surface area contributed by atoms with Crippen LogP contribution in [0, 0.1) is 5.92 Å². The molecule has 1 saturated heterocycles. The summed E-state index contributed by atoms with van der Waals surface area (Å²) in [7, 11) is 0. The molecule has 0 spiro atoms. The summed E-state index contributed by atoms with van der Waals surface area (Å²) >= 11 is 6.43. The molecular formula is C23H28ClF3N4O2. The Labute approximate surface area is 195 Å². The van der Waals surface area contributed by atoms with Crippen LogP contribution in [0.5, 0.6) is 0 Å². The number of hydrogen-bond acceptors (Lipinski definition) is 3. The molecule has 2 fully saturated rings. The molecule has 1 saturated carbocycles. The van der Waals surface area contributed by atoms with Gasteiger partial charge in [-0.2, -0.15) is 8.78 Å². The number of amides is 2. The van der Waals surface area contributed by atoms with Crippen molar-refractivity contribution < 1.29 is 22.8 Å². The predicted octanol–water partition coefficient (Wildman–Crippen LogP) is 4.47. The highest BCUT2D eigenvalue weighted by Gasteiger charge is 2.38. The highest BCUT2D eigenvalue weighted by molar-refractivity contribution is 6.33. The van der Waals surface area contributed by atoms with E-state index in [4.69, 9.17) is 11.6 Å². The molecule has 0 radical (unpaired) electrons. The molecule has 6 nitrogen and oxygen atoms in total. The molecule has 33 heavy (non-hydrogen) atoms. The van der Waals surface area contributed by atoms with E-state index < -0.39 is 24.1 Å². The van der Waals surface area contributed by atoms with Gasteiger partial charge in [-0.25, -0.2) is 9.37 Å². The van der Waals surface area contributed by atoms with E-state index in [0.717, 1.165) is 25.7 Å². The zero-order valence-electron chi connectivity index (χ0n) is 18.8. The molecule has 1 aliphatic carbocycles. The minimum absolute atomic E-state index is 0.106. The van der Waals surface area contributed by atoms with E-state index in [1.807, 2.05) is 18.7 Å². The van der Waals surface area contributed by atoms with E-state index in [0.29, 0.717) is 25.1 Å². The molecule has 0 unspecified atom stereocenters. The Balaban J connectivity index is 1.66. The second-order valence-corrected chi connectivity index (χ2v) is 9.75. The number of fused-ring (bicyclic) bond motifs is 1. The summed E-state index contributed by atoms with van der Waals surface area (Å²) in [6, 6.07) is 1.45. The molecule has 3 heterocycles. The molecule has 1 aliphatic heterocycles. The van der Waals surface area contributed by atoms with Crippen molar-refractivity contribution in [3.8, 4) is 0 Å². The fourth-order valence-electron chi connectivity index (χ4n) is 4.85. The van der Waals surface area contributed by atoms with E-state index in [9.17, 15) is 22.8 Å². The van der Waals surface area contributed by atoms with Gasteiger partial charge in [0.1, 0.15) is 17.3 Å². The van der Waals surface area contributed by atoms with Crippen LogP contribution in [-0.2, 0) is 17.1 Å². The third kappa shape index (κ3) is 4.56. The number of nitrogens with zero attached hydrogens (tertiary/aromatic N) is 4.